The van der Waals surface area contributed by atoms with Crippen molar-refractivity contribution in [2.45, 2.75) is 6.54 Å². The number of rotatable bonds is 4. The maximum atomic E-state index is 13.2. The highest BCUT2D eigenvalue weighted by Crippen LogP contribution is 2.26. The van der Waals surface area contributed by atoms with E-state index < -0.39 is 0 Å². The van der Waals surface area contributed by atoms with Gasteiger partial charge in [-0.2, -0.15) is 0 Å². The van der Waals surface area contributed by atoms with E-state index in [1.807, 2.05) is 18.2 Å². The lowest BCUT2D eigenvalue weighted by atomic mass is 10.2. The molecule has 100 valence electrons. The fourth-order valence-corrected chi connectivity index (χ4v) is 2.49. The monoisotopic (exact) mass is 343 g/mol. The van der Waals surface area contributed by atoms with Gasteiger partial charge in [0.25, 0.3) is 0 Å². The third-order valence-electron chi connectivity index (χ3n) is 2.58. The summed E-state index contributed by atoms with van der Waals surface area (Å²) in [5.74, 6) is 0.420. The Hall–Kier alpha value is -1.26. The Labute approximate surface area is 124 Å². The van der Waals surface area contributed by atoms with E-state index >= 15 is 0 Å². The molecule has 2 aromatic rings. The average Bonchev–Trinajstić information content (AvgIpc) is 2.35. The van der Waals surface area contributed by atoms with Crippen LogP contribution in [0.5, 0.6) is 5.75 Å². The van der Waals surface area contributed by atoms with Gasteiger partial charge < -0.3 is 10.1 Å². The number of methoxy groups -OCH3 is 1. The third kappa shape index (κ3) is 3.85. The molecule has 0 radical (unpaired) electrons. The number of ether oxygens (including phenoxy) is 1. The van der Waals surface area contributed by atoms with Crippen LogP contribution in [0.2, 0.25) is 5.02 Å². The van der Waals surface area contributed by atoms with Gasteiger partial charge >= 0.3 is 0 Å². The van der Waals surface area contributed by atoms with Gasteiger partial charge in [-0.3, -0.25) is 0 Å². The smallest absolute Gasteiger partial charge is 0.133 e. The second-order valence-corrected chi connectivity index (χ2v) is 5.27. The maximum absolute atomic E-state index is 13.2. The molecule has 0 atom stereocenters. The van der Waals surface area contributed by atoms with Crippen LogP contribution in [-0.4, -0.2) is 7.11 Å². The van der Waals surface area contributed by atoms with E-state index in [-0.39, 0.29) is 5.82 Å². The summed E-state index contributed by atoms with van der Waals surface area (Å²) in [7, 11) is 1.62. The zero-order valence-electron chi connectivity index (χ0n) is 10.2. The van der Waals surface area contributed by atoms with Crippen LogP contribution in [0.25, 0.3) is 0 Å². The Morgan fingerprint density at radius 2 is 2.05 bits per heavy atom. The first-order chi connectivity index (χ1) is 9.08. The SMILES string of the molecule is COc1ccc(CNc2cc(F)cc(Cl)c2)cc1Br. The third-order valence-corrected chi connectivity index (χ3v) is 3.41. The molecule has 2 aromatic carbocycles. The number of benzene rings is 2. The minimum atomic E-state index is -0.356. The van der Waals surface area contributed by atoms with Gasteiger partial charge in [-0.25, -0.2) is 4.39 Å². The summed E-state index contributed by atoms with van der Waals surface area (Å²) in [6.45, 7) is 0.572. The van der Waals surface area contributed by atoms with Gasteiger partial charge in [0.1, 0.15) is 11.6 Å². The number of halogens is 3. The molecular weight excluding hydrogens is 333 g/mol. The summed E-state index contributed by atoms with van der Waals surface area (Å²) in [5.41, 5.74) is 1.70. The highest BCUT2D eigenvalue weighted by molar-refractivity contribution is 9.10. The largest absolute Gasteiger partial charge is 0.496 e. The predicted molar refractivity (Wildman–Crippen MR) is 79.4 cm³/mol. The first-order valence-corrected chi connectivity index (χ1v) is 6.78. The topological polar surface area (TPSA) is 21.3 Å². The summed E-state index contributed by atoms with van der Waals surface area (Å²) >= 11 is 9.22. The average molecular weight is 345 g/mol. The van der Waals surface area contributed by atoms with Crippen LogP contribution < -0.4 is 10.1 Å². The molecule has 19 heavy (non-hydrogen) atoms. The van der Waals surface area contributed by atoms with E-state index in [2.05, 4.69) is 21.2 Å². The molecule has 0 amide bonds. The van der Waals surface area contributed by atoms with Gasteiger partial charge in [0, 0.05) is 17.3 Å². The van der Waals surface area contributed by atoms with Gasteiger partial charge in [0.15, 0.2) is 0 Å². The number of anilines is 1. The molecule has 0 saturated carbocycles. The molecular formula is C14H12BrClFNO. The van der Waals surface area contributed by atoms with Crippen LogP contribution in [-0.2, 0) is 6.54 Å². The zero-order valence-corrected chi connectivity index (χ0v) is 12.6. The van der Waals surface area contributed by atoms with Crippen molar-refractivity contribution in [1.29, 1.82) is 0 Å². The van der Waals surface area contributed by atoms with Crippen LogP contribution in [0.15, 0.2) is 40.9 Å². The van der Waals surface area contributed by atoms with Crippen molar-refractivity contribution in [2.75, 3.05) is 12.4 Å². The van der Waals surface area contributed by atoms with Crippen molar-refractivity contribution >= 4 is 33.2 Å². The van der Waals surface area contributed by atoms with E-state index in [9.17, 15) is 4.39 Å². The number of hydrogen-bond acceptors (Lipinski definition) is 2. The molecule has 5 heteroatoms. The standard InChI is InChI=1S/C14H12BrClFNO/c1-19-14-3-2-9(4-13(14)15)8-18-12-6-10(16)5-11(17)7-12/h2-7,18H,8H2,1H3. The predicted octanol–water partition coefficient (Wildman–Crippen LogP) is 4.86. The molecule has 0 heterocycles. The summed E-state index contributed by atoms with van der Waals surface area (Å²) in [5, 5.41) is 3.49. The van der Waals surface area contributed by atoms with Gasteiger partial charge in [-0.05, 0) is 51.8 Å². The molecule has 0 aliphatic carbocycles. The lowest BCUT2D eigenvalue weighted by Gasteiger charge is -2.09. The highest BCUT2D eigenvalue weighted by Gasteiger charge is 2.03. The van der Waals surface area contributed by atoms with Crippen LogP contribution in [0.4, 0.5) is 10.1 Å². The van der Waals surface area contributed by atoms with Crippen molar-refractivity contribution < 1.29 is 9.13 Å². The lowest BCUT2D eigenvalue weighted by molar-refractivity contribution is 0.412. The molecule has 2 nitrogen and oxygen atoms in total. The molecule has 1 N–H and O–H groups in total. The fourth-order valence-electron chi connectivity index (χ4n) is 1.68. The molecule has 0 fully saturated rings. The van der Waals surface area contributed by atoms with Crippen LogP contribution in [0.1, 0.15) is 5.56 Å². The van der Waals surface area contributed by atoms with E-state index in [1.165, 1.54) is 12.1 Å². The first kappa shape index (κ1) is 14.2. The molecule has 0 spiro atoms. The second-order valence-electron chi connectivity index (χ2n) is 3.98. The van der Waals surface area contributed by atoms with E-state index in [0.29, 0.717) is 17.3 Å². The fraction of sp³-hybridized carbons (Fsp3) is 0.143. The molecule has 0 unspecified atom stereocenters. The zero-order chi connectivity index (χ0) is 13.8. The molecule has 0 aliphatic rings. The Morgan fingerprint density at radius 3 is 2.68 bits per heavy atom. The van der Waals surface area contributed by atoms with Crippen molar-refractivity contribution in [1.82, 2.24) is 0 Å². The Balaban J connectivity index is 2.08. The number of nitrogens with one attached hydrogen (secondary N) is 1. The van der Waals surface area contributed by atoms with Crippen molar-refractivity contribution in [3.05, 3.63) is 57.3 Å². The number of hydrogen-bond donors (Lipinski definition) is 1. The molecule has 0 saturated heterocycles. The van der Waals surface area contributed by atoms with Gasteiger partial charge in [-0.15, -0.1) is 0 Å². The highest BCUT2D eigenvalue weighted by atomic mass is 79.9. The molecule has 0 aliphatic heterocycles. The summed E-state index contributed by atoms with van der Waals surface area (Å²) in [4.78, 5) is 0. The Morgan fingerprint density at radius 1 is 1.26 bits per heavy atom. The quantitative estimate of drug-likeness (QED) is 0.855. The van der Waals surface area contributed by atoms with Gasteiger partial charge in [0.2, 0.25) is 0 Å². The Bertz CT molecular complexity index is 571. The maximum Gasteiger partial charge on any atom is 0.133 e. The van der Waals surface area contributed by atoms with Crippen LogP contribution >= 0.6 is 27.5 Å². The van der Waals surface area contributed by atoms with E-state index in [0.717, 1.165) is 15.8 Å². The minimum Gasteiger partial charge on any atom is -0.496 e. The molecule has 0 aromatic heterocycles. The van der Waals surface area contributed by atoms with E-state index in [4.69, 9.17) is 16.3 Å². The Kier molecular flexibility index (Phi) is 4.66. The lowest BCUT2D eigenvalue weighted by Crippen LogP contribution is -2.00. The van der Waals surface area contributed by atoms with Gasteiger partial charge in [0.05, 0.1) is 11.6 Å². The van der Waals surface area contributed by atoms with Crippen LogP contribution in [0.3, 0.4) is 0 Å². The summed E-state index contributed by atoms with van der Waals surface area (Å²) in [6.07, 6.45) is 0. The minimum absolute atomic E-state index is 0.356. The molecule has 2 rings (SSSR count). The second kappa shape index (κ2) is 6.26. The van der Waals surface area contributed by atoms with E-state index in [1.54, 1.807) is 13.2 Å². The summed E-state index contributed by atoms with van der Waals surface area (Å²) < 4.78 is 19.2. The first-order valence-electron chi connectivity index (χ1n) is 5.61. The van der Waals surface area contributed by atoms with Crippen molar-refractivity contribution in [2.24, 2.45) is 0 Å². The molecule has 0 bridgehead atoms. The van der Waals surface area contributed by atoms with Crippen molar-refractivity contribution in [3.8, 4) is 5.75 Å². The van der Waals surface area contributed by atoms with Crippen molar-refractivity contribution in [3.63, 3.8) is 0 Å². The van der Waals surface area contributed by atoms with Crippen LogP contribution in [0, 0.1) is 5.82 Å². The summed E-state index contributed by atoms with van der Waals surface area (Å²) in [6, 6.07) is 10.1. The normalized spacial score (nSPS) is 10.3. The van der Waals surface area contributed by atoms with Gasteiger partial charge in [-0.1, -0.05) is 17.7 Å².